The van der Waals surface area contributed by atoms with Crippen LogP contribution in [0.3, 0.4) is 0 Å². The van der Waals surface area contributed by atoms with Crippen molar-refractivity contribution in [3.8, 4) is 0 Å². The Balaban J connectivity index is 3.35. The lowest BCUT2D eigenvalue weighted by molar-refractivity contribution is 0.0681. The molecular weight excluding hydrogens is 200 g/mol. The fourth-order valence-electron chi connectivity index (χ4n) is 1.99. The van der Waals surface area contributed by atoms with Gasteiger partial charge in [-0.25, -0.2) is 0 Å². The Morgan fingerprint density at radius 2 is 1.12 bits per heavy atom. The van der Waals surface area contributed by atoms with Gasteiger partial charge in [0, 0.05) is 0 Å². The summed E-state index contributed by atoms with van der Waals surface area (Å²) in [7, 11) is 0. The molecule has 16 heavy (non-hydrogen) atoms. The van der Waals surface area contributed by atoms with E-state index in [2.05, 4.69) is 13.8 Å². The highest BCUT2D eigenvalue weighted by Crippen LogP contribution is 2.13. The van der Waals surface area contributed by atoms with E-state index in [0.29, 0.717) is 6.42 Å². The van der Waals surface area contributed by atoms with Crippen molar-refractivity contribution in [3.05, 3.63) is 0 Å². The van der Waals surface area contributed by atoms with Crippen LogP contribution in [0.5, 0.6) is 0 Å². The Morgan fingerprint density at radius 3 is 1.62 bits per heavy atom. The maximum Gasteiger partial charge on any atom is 0.0564 e. The molecule has 0 saturated carbocycles. The molecule has 0 aromatic heterocycles. The molecule has 0 aliphatic carbocycles. The van der Waals surface area contributed by atoms with E-state index in [1.165, 1.54) is 32.1 Å². The van der Waals surface area contributed by atoms with Crippen LogP contribution < -0.4 is 0 Å². The predicted octanol–water partition coefficient (Wildman–Crippen LogP) is 3.65. The summed E-state index contributed by atoms with van der Waals surface area (Å²) in [5.74, 6) is 0. The molecule has 2 N–H and O–H groups in total. The normalized spacial score (nSPS) is 15.0. The Labute approximate surface area is 101 Å². The number of hydrogen-bond donors (Lipinski definition) is 2. The molecule has 0 amide bonds. The van der Waals surface area contributed by atoms with Gasteiger partial charge in [-0.3, -0.25) is 0 Å². The first kappa shape index (κ1) is 15.9. The predicted molar refractivity (Wildman–Crippen MR) is 69.5 cm³/mol. The van der Waals surface area contributed by atoms with E-state index in [4.69, 9.17) is 0 Å². The summed E-state index contributed by atoms with van der Waals surface area (Å²) >= 11 is 0. The highest BCUT2D eigenvalue weighted by atomic mass is 16.3. The summed E-state index contributed by atoms with van der Waals surface area (Å²) in [4.78, 5) is 0. The van der Waals surface area contributed by atoms with Crippen molar-refractivity contribution < 1.29 is 10.2 Å². The monoisotopic (exact) mass is 230 g/mol. The van der Waals surface area contributed by atoms with Crippen molar-refractivity contribution in [2.24, 2.45) is 0 Å². The Morgan fingerprint density at radius 1 is 0.688 bits per heavy atom. The zero-order valence-electron chi connectivity index (χ0n) is 11.1. The summed E-state index contributed by atoms with van der Waals surface area (Å²) < 4.78 is 0. The smallest absolute Gasteiger partial charge is 0.0564 e. The van der Waals surface area contributed by atoms with Crippen molar-refractivity contribution in [2.45, 2.75) is 90.3 Å². The first-order chi connectivity index (χ1) is 7.70. The van der Waals surface area contributed by atoms with Gasteiger partial charge in [0.05, 0.1) is 12.2 Å². The van der Waals surface area contributed by atoms with Crippen molar-refractivity contribution in [1.29, 1.82) is 0 Å². The average Bonchev–Trinajstić information content (AvgIpc) is 2.25. The molecular formula is C14H30O2. The van der Waals surface area contributed by atoms with Crippen LogP contribution in [0.1, 0.15) is 78.1 Å². The van der Waals surface area contributed by atoms with E-state index in [0.717, 1.165) is 25.7 Å². The first-order valence-corrected chi connectivity index (χ1v) is 7.06. The molecule has 2 atom stereocenters. The SMILES string of the molecule is CCCCCCC(O)CC(O)CCCCC. The molecule has 0 aromatic rings. The van der Waals surface area contributed by atoms with Gasteiger partial charge in [0.1, 0.15) is 0 Å². The maximum atomic E-state index is 9.72. The molecule has 0 fully saturated rings. The molecule has 2 unspecified atom stereocenters. The Hall–Kier alpha value is -0.0800. The van der Waals surface area contributed by atoms with Gasteiger partial charge >= 0.3 is 0 Å². The topological polar surface area (TPSA) is 40.5 Å². The number of aliphatic hydroxyl groups is 2. The molecule has 0 saturated heterocycles. The van der Waals surface area contributed by atoms with E-state index in [1.807, 2.05) is 0 Å². The third-order valence-electron chi connectivity index (χ3n) is 3.08. The second-order valence-electron chi connectivity index (χ2n) is 4.89. The number of unbranched alkanes of at least 4 members (excludes halogenated alkanes) is 5. The summed E-state index contributed by atoms with van der Waals surface area (Å²) in [5.41, 5.74) is 0. The molecule has 98 valence electrons. The third-order valence-corrected chi connectivity index (χ3v) is 3.08. The molecule has 2 nitrogen and oxygen atoms in total. The number of hydrogen-bond acceptors (Lipinski definition) is 2. The molecule has 0 spiro atoms. The van der Waals surface area contributed by atoms with Crippen LogP contribution in [0, 0.1) is 0 Å². The average molecular weight is 230 g/mol. The van der Waals surface area contributed by atoms with Gasteiger partial charge in [0.25, 0.3) is 0 Å². The fraction of sp³-hybridized carbons (Fsp3) is 1.00. The quantitative estimate of drug-likeness (QED) is 0.532. The van der Waals surface area contributed by atoms with Crippen LogP contribution in [0.2, 0.25) is 0 Å². The van der Waals surface area contributed by atoms with Crippen LogP contribution in [0.25, 0.3) is 0 Å². The van der Waals surface area contributed by atoms with Gasteiger partial charge in [-0.1, -0.05) is 58.8 Å². The lowest BCUT2D eigenvalue weighted by atomic mass is 10.0. The fourth-order valence-corrected chi connectivity index (χ4v) is 1.99. The lowest BCUT2D eigenvalue weighted by Crippen LogP contribution is -2.17. The molecule has 0 rings (SSSR count). The van der Waals surface area contributed by atoms with Crippen molar-refractivity contribution >= 4 is 0 Å². The van der Waals surface area contributed by atoms with Gasteiger partial charge in [0.2, 0.25) is 0 Å². The van der Waals surface area contributed by atoms with Gasteiger partial charge < -0.3 is 10.2 Å². The summed E-state index contributed by atoms with van der Waals surface area (Å²) in [6.45, 7) is 4.35. The van der Waals surface area contributed by atoms with Crippen molar-refractivity contribution in [2.75, 3.05) is 0 Å². The zero-order valence-corrected chi connectivity index (χ0v) is 11.1. The maximum absolute atomic E-state index is 9.72. The summed E-state index contributed by atoms with van der Waals surface area (Å²) in [5, 5.41) is 19.4. The Kier molecular flexibility index (Phi) is 11.3. The minimum absolute atomic E-state index is 0.298. The highest BCUT2D eigenvalue weighted by molar-refractivity contribution is 4.64. The molecule has 0 aliphatic rings. The third kappa shape index (κ3) is 10.4. The standard InChI is InChI=1S/C14H30O2/c1-3-5-7-9-11-14(16)12-13(15)10-8-6-4-2/h13-16H,3-12H2,1-2H3. The number of aliphatic hydroxyl groups excluding tert-OH is 2. The van der Waals surface area contributed by atoms with Crippen LogP contribution >= 0.6 is 0 Å². The second kappa shape index (κ2) is 11.4. The van der Waals surface area contributed by atoms with E-state index in [1.54, 1.807) is 0 Å². The second-order valence-corrected chi connectivity index (χ2v) is 4.89. The number of rotatable bonds is 11. The van der Waals surface area contributed by atoms with E-state index in [9.17, 15) is 10.2 Å². The molecule has 0 bridgehead atoms. The highest BCUT2D eigenvalue weighted by Gasteiger charge is 2.11. The lowest BCUT2D eigenvalue weighted by Gasteiger charge is -2.15. The summed E-state index contributed by atoms with van der Waals surface area (Å²) in [6, 6.07) is 0. The van der Waals surface area contributed by atoms with Crippen molar-refractivity contribution in [3.63, 3.8) is 0 Å². The van der Waals surface area contributed by atoms with E-state index >= 15 is 0 Å². The molecule has 0 heterocycles. The van der Waals surface area contributed by atoms with Gasteiger partial charge in [-0.05, 0) is 19.3 Å². The minimum Gasteiger partial charge on any atom is -0.393 e. The van der Waals surface area contributed by atoms with Crippen LogP contribution in [-0.4, -0.2) is 22.4 Å². The molecule has 0 aromatic carbocycles. The largest absolute Gasteiger partial charge is 0.393 e. The van der Waals surface area contributed by atoms with E-state index in [-0.39, 0.29) is 12.2 Å². The van der Waals surface area contributed by atoms with E-state index < -0.39 is 0 Å². The van der Waals surface area contributed by atoms with Crippen LogP contribution in [0.15, 0.2) is 0 Å². The van der Waals surface area contributed by atoms with Gasteiger partial charge in [-0.2, -0.15) is 0 Å². The molecule has 0 radical (unpaired) electrons. The van der Waals surface area contributed by atoms with Crippen molar-refractivity contribution in [1.82, 2.24) is 0 Å². The van der Waals surface area contributed by atoms with Crippen LogP contribution in [0.4, 0.5) is 0 Å². The van der Waals surface area contributed by atoms with Crippen LogP contribution in [-0.2, 0) is 0 Å². The Bertz CT molecular complexity index is 137. The molecule has 2 heteroatoms. The molecule has 0 aliphatic heterocycles. The summed E-state index contributed by atoms with van der Waals surface area (Å²) in [6.07, 6.45) is 9.91. The van der Waals surface area contributed by atoms with Gasteiger partial charge in [-0.15, -0.1) is 0 Å². The minimum atomic E-state index is -0.298. The zero-order chi connectivity index (χ0) is 12.2. The van der Waals surface area contributed by atoms with Gasteiger partial charge in [0.15, 0.2) is 0 Å². The first-order valence-electron chi connectivity index (χ1n) is 7.06.